The Morgan fingerprint density at radius 1 is 1.18 bits per heavy atom. The number of aromatic nitrogens is 1. The number of thiophene rings is 1. The molecule has 5 rings (SSSR count). The van der Waals surface area contributed by atoms with Crippen molar-refractivity contribution in [1.29, 1.82) is 0 Å². The van der Waals surface area contributed by atoms with E-state index >= 15 is 0 Å². The molecule has 1 atom stereocenters. The number of nitrogens with two attached hydrogens (primary N) is 1. The number of pyridine rings is 1. The zero-order valence-corrected chi connectivity index (χ0v) is 23.4. The van der Waals surface area contributed by atoms with Gasteiger partial charge in [0, 0.05) is 47.5 Å². The van der Waals surface area contributed by atoms with Crippen LogP contribution < -0.4 is 15.8 Å². The summed E-state index contributed by atoms with van der Waals surface area (Å²) < 4.78 is 20.6. The van der Waals surface area contributed by atoms with E-state index in [-0.39, 0.29) is 35.2 Å². The molecular formula is C29H31FN3O3PS. The highest BCUT2D eigenvalue weighted by atomic mass is 32.1. The molecule has 1 aliphatic carbocycles. The van der Waals surface area contributed by atoms with Gasteiger partial charge in [-0.25, -0.2) is 4.39 Å². The number of hydrogen-bond donors (Lipinski definition) is 2. The maximum atomic E-state index is 14.6. The van der Waals surface area contributed by atoms with E-state index in [2.05, 4.69) is 14.2 Å². The van der Waals surface area contributed by atoms with Crippen molar-refractivity contribution in [2.45, 2.75) is 51.2 Å². The number of nitrogens with zero attached hydrogens (tertiary/aromatic N) is 2. The Hall–Kier alpha value is -3.06. The highest BCUT2D eigenvalue weighted by Gasteiger charge is 2.32. The van der Waals surface area contributed by atoms with Crippen LogP contribution in [0.4, 0.5) is 4.39 Å². The van der Waals surface area contributed by atoms with Crippen LogP contribution in [-0.4, -0.2) is 40.1 Å². The summed E-state index contributed by atoms with van der Waals surface area (Å²) in [5.41, 5.74) is 9.65. The van der Waals surface area contributed by atoms with Gasteiger partial charge < -0.3 is 20.5 Å². The van der Waals surface area contributed by atoms with Gasteiger partial charge in [-0.15, -0.1) is 20.6 Å². The average Bonchev–Trinajstić information content (AvgIpc) is 3.28. The van der Waals surface area contributed by atoms with Gasteiger partial charge in [0.2, 0.25) is 0 Å². The number of carbonyl (C=O) groups excluding carboxylic acids is 1. The summed E-state index contributed by atoms with van der Waals surface area (Å²) in [7, 11) is 4.27. The van der Waals surface area contributed by atoms with Crippen molar-refractivity contribution in [3.8, 4) is 22.6 Å². The Labute approximate surface area is 227 Å². The van der Waals surface area contributed by atoms with Crippen LogP contribution >= 0.6 is 20.6 Å². The molecule has 0 spiro atoms. The molecule has 1 unspecified atom stereocenters. The molecule has 3 N–H and O–H groups in total. The van der Waals surface area contributed by atoms with Crippen molar-refractivity contribution in [3.63, 3.8) is 0 Å². The predicted octanol–water partition coefficient (Wildman–Crippen LogP) is 5.54. The molecule has 1 amide bonds. The number of aromatic hydroxyl groups is 1. The van der Waals surface area contributed by atoms with Crippen LogP contribution in [0.15, 0.2) is 48.8 Å². The number of aryl methyl sites for hydroxylation is 1. The molecular weight excluding hydrogens is 520 g/mol. The maximum absolute atomic E-state index is 14.6. The average molecular weight is 552 g/mol. The Balaban J connectivity index is 1.57. The molecule has 0 bridgehead atoms. The zero-order chi connectivity index (χ0) is 27.0. The monoisotopic (exact) mass is 551 g/mol. The van der Waals surface area contributed by atoms with Crippen molar-refractivity contribution in [1.82, 2.24) is 9.88 Å². The fourth-order valence-electron chi connectivity index (χ4n) is 5.25. The molecule has 1 fully saturated rings. The molecule has 9 heteroatoms. The third-order valence-corrected chi connectivity index (χ3v) is 8.82. The van der Waals surface area contributed by atoms with Gasteiger partial charge in [-0.2, -0.15) is 0 Å². The number of fused-ring (bicyclic) bond motifs is 1. The second kappa shape index (κ2) is 11.0. The van der Waals surface area contributed by atoms with Gasteiger partial charge in [-0.3, -0.25) is 9.78 Å². The first kappa shape index (κ1) is 26.5. The molecule has 0 radical (unpaired) electrons. The van der Waals surface area contributed by atoms with Gasteiger partial charge in [-0.1, -0.05) is 12.1 Å². The molecule has 2 heterocycles. The number of benzene rings is 2. The lowest BCUT2D eigenvalue weighted by molar-refractivity contribution is 0.0607. The normalized spacial score (nSPS) is 17.5. The van der Waals surface area contributed by atoms with Gasteiger partial charge >= 0.3 is 0 Å². The molecule has 6 nitrogen and oxygen atoms in total. The summed E-state index contributed by atoms with van der Waals surface area (Å²) in [6, 6.07) is 11.0. The summed E-state index contributed by atoms with van der Waals surface area (Å²) in [5, 5.41) is 12.4. The van der Waals surface area contributed by atoms with Crippen molar-refractivity contribution < 1.29 is 19.0 Å². The van der Waals surface area contributed by atoms with Crippen molar-refractivity contribution in [3.05, 3.63) is 70.6 Å². The minimum atomic E-state index is -0.445. The summed E-state index contributed by atoms with van der Waals surface area (Å²) in [5.74, 6) is -0.256. The maximum Gasteiger partial charge on any atom is 0.268 e. The summed E-state index contributed by atoms with van der Waals surface area (Å²) in [6.07, 6.45) is 6.71. The predicted molar refractivity (Wildman–Crippen MR) is 154 cm³/mol. The van der Waals surface area contributed by atoms with Crippen LogP contribution in [0.3, 0.4) is 0 Å². The van der Waals surface area contributed by atoms with Crippen LogP contribution in [0.2, 0.25) is 0 Å². The Kier molecular flexibility index (Phi) is 7.66. The van der Waals surface area contributed by atoms with E-state index in [1.54, 1.807) is 37.4 Å². The molecule has 2 aromatic heterocycles. The van der Waals surface area contributed by atoms with E-state index in [4.69, 9.17) is 10.5 Å². The van der Waals surface area contributed by atoms with Crippen LogP contribution in [-0.2, 0) is 6.54 Å². The number of ether oxygens (including phenoxy) is 1. The van der Waals surface area contributed by atoms with Gasteiger partial charge in [0.25, 0.3) is 5.91 Å². The van der Waals surface area contributed by atoms with Gasteiger partial charge in [0.05, 0.1) is 11.8 Å². The molecule has 0 saturated heterocycles. The van der Waals surface area contributed by atoms with Crippen LogP contribution in [0.5, 0.6) is 11.5 Å². The molecule has 38 heavy (non-hydrogen) atoms. The molecule has 4 aromatic rings. The lowest BCUT2D eigenvalue weighted by Crippen LogP contribution is -2.43. The Morgan fingerprint density at radius 3 is 2.63 bits per heavy atom. The van der Waals surface area contributed by atoms with Crippen LogP contribution in [0, 0.1) is 12.7 Å². The first-order valence-electron chi connectivity index (χ1n) is 12.6. The van der Waals surface area contributed by atoms with Crippen molar-refractivity contribution >= 4 is 41.9 Å². The molecule has 198 valence electrons. The highest BCUT2D eigenvalue weighted by molar-refractivity contribution is 7.27. The second-order valence-electron chi connectivity index (χ2n) is 9.88. The van der Waals surface area contributed by atoms with E-state index in [0.29, 0.717) is 15.8 Å². The smallest absolute Gasteiger partial charge is 0.268 e. The first-order chi connectivity index (χ1) is 18.3. The number of methoxy groups -OCH3 is 1. The van der Waals surface area contributed by atoms with E-state index < -0.39 is 5.82 Å². The van der Waals surface area contributed by atoms with E-state index in [0.717, 1.165) is 64.6 Å². The Bertz CT molecular complexity index is 1500. The number of hydrogen-bond acceptors (Lipinski definition) is 6. The summed E-state index contributed by atoms with van der Waals surface area (Å²) in [6.45, 7) is 2.08. The van der Waals surface area contributed by atoms with E-state index in [1.807, 2.05) is 24.3 Å². The standard InChI is InChI=1S/C29H31FN3O3PS/c1-16-3-9-23(30)27-25(16)26(34)28(38-27)29(35)33(21-7-5-20(31)6-8-21)15-19-11-17(4-10-24(19)36-2)18-12-22(37)14-32-13-18/h3-4,9-14,20-21,34H,5-8,15,31,37H2,1-2H3. The molecule has 1 aliphatic rings. The second-order valence-corrected chi connectivity index (χ2v) is 11.6. The van der Waals surface area contributed by atoms with Gasteiger partial charge in [0.15, 0.2) is 0 Å². The lowest BCUT2D eigenvalue weighted by atomic mass is 9.90. The zero-order valence-electron chi connectivity index (χ0n) is 21.4. The third-order valence-electron chi connectivity index (χ3n) is 7.33. The van der Waals surface area contributed by atoms with Crippen molar-refractivity contribution in [2.24, 2.45) is 5.73 Å². The minimum absolute atomic E-state index is 0.0664. The van der Waals surface area contributed by atoms with Crippen molar-refractivity contribution in [2.75, 3.05) is 7.11 Å². The van der Waals surface area contributed by atoms with E-state index in [9.17, 15) is 14.3 Å². The summed E-state index contributed by atoms with van der Waals surface area (Å²) >= 11 is 1.01. The number of carbonyl (C=O) groups is 1. The highest BCUT2D eigenvalue weighted by Crippen LogP contribution is 2.42. The number of rotatable bonds is 6. The first-order valence-corrected chi connectivity index (χ1v) is 14.0. The van der Waals surface area contributed by atoms with Gasteiger partial charge in [-0.05, 0) is 73.3 Å². The fourth-order valence-corrected chi connectivity index (χ4v) is 6.65. The number of amides is 1. The molecule has 2 aromatic carbocycles. The summed E-state index contributed by atoms with van der Waals surface area (Å²) in [4.78, 5) is 20.4. The lowest BCUT2D eigenvalue weighted by Gasteiger charge is -2.36. The van der Waals surface area contributed by atoms with Crippen LogP contribution in [0.25, 0.3) is 21.2 Å². The minimum Gasteiger partial charge on any atom is -0.506 e. The number of halogens is 1. The fraction of sp³-hybridized carbons (Fsp3) is 0.310. The van der Waals surface area contributed by atoms with Gasteiger partial charge in [0.1, 0.15) is 22.2 Å². The largest absolute Gasteiger partial charge is 0.506 e. The quantitative estimate of drug-likeness (QED) is 0.308. The molecule has 1 saturated carbocycles. The topological polar surface area (TPSA) is 88.7 Å². The Morgan fingerprint density at radius 2 is 1.95 bits per heavy atom. The molecule has 0 aliphatic heterocycles. The SMILES string of the molecule is COc1ccc(-c2cncc(P)c2)cc1CN(C(=O)c1sc2c(F)ccc(C)c2c1O)C1CCC(N)CC1. The third kappa shape index (κ3) is 5.13. The van der Waals surface area contributed by atoms with Crippen LogP contribution in [0.1, 0.15) is 46.5 Å². The van der Waals surface area contributed by atoms with E-state index in [1.165, 1.54) is 6.07 Å².